The summed E-state index contributed by atoms with van der Waals surface area (Å²) in [5.41, 5.74) is 2.88. The summed E-state index contributed by atoms with van der Waals surface area (Å²) in [6.07, 6.45) is 2.49. The first-order valence-electron chi connectivity index (χ1n) is 9.00. The zero-order valence-electron chi connectivity index (χ0n) is 15.6. The fraction of sp³-hybridized carbons (Fsp3) is 0.381. The lowest BCUT2D eigenvalue weighted by Gasteiger charge is -2.21. The van der Waals surface area contributed by atoms with Crippen molar-refractivity contribution >= 4 is 11.6 Å². The summed E-state index contributed by atoms with van der Waals surface area (Å²) in [5.74, 6) is 1.02. The van der Waals surface area contributed by atoms with Crippen LogP contribution < -0.4 is 19.7 Å². The van der Waals surface area contributed by atoms with Crippen LogP contribution in [-0.2, 0) is 0 Å². The zero-order valence-corrected chi connectivity index (χ0v) is 15.6. The van der Waals surface area contributed by atoms with E-state index in [-0.39, 0.29) is 11.9 Å². The molecule has 1 fully saturated rings. The third kappa shape index (κ3) is 3.93. The van der Waals surface area contributed by atoms with Crippen molar-refractivity contribution in [3.8, 4) is 11.5 Å². The third-order valence-corrected chi connectivity index (χ3v) is 4.83. The minimum atomic E-state index is -0.134. The Bertz CT molecular complexity index is 770. The van der Waals surface area contributed by atoms with Crippen LogP contribution in [0.2, 0.25) is 0 Å². The Morgan fingerprint density at radius 3 is 2.46 bits per heavy atom. The average Bonchev–Trinajstić information content (AvgIpc) is 3.22. The average molecular weight is 354 g/mol. The van der Waals surface area contributed by atoms with Crippen molar-refractivity contribution in [2.24, 2.45) is 0 Å². The predicted molar refractivity (Wildman–Crippen MR) is 103 cm³/mol. The number of ether oxygens (including phenoxy) is 2. The van der Waals surface area contributed by atoms with E-state index < -0.39 is 0 Å². The van der Waals surface area contributed by atoms with E-state index >= 15 is 0 Å². The van der Waals surface area contributed by atoms with Gasteiger partial charge in [0, 0.05) is 24.3 Å². The van der Waals surface area contributed by atoms with Crippen LogP contribution in [0.4, 0.5) is 5.69 Å². The molecule has 138 valence electrons. The molecule has 0 radical (unpaired) electrons. The molecule has 1 unspecified atom stereocenters. The standard InChI is InChI=1S/C21H26N2O3/c1-15(16-7-6-8-18(13-16)23-11-4-5-12-23)22-21(24)17-9-10-19(25-2)20(14-17)26-3/h6-10,13-15H,4-5,11-12H2,1-3H3,(H,22,24). The highest BCUT2D eigenvalue weighted by Crippen LogP contribution is 2.28. The lowest BCUT2D eigenvalue weighted by molar-refractivity contribution is 0.0939. The first-order valence-corrected chi connectivity index (χ1v) is 9.00. The minimum Gasteiger partial charge on any atom is -0.493 e. The quantitative estimate of drug-likeness (QED) is 0.857. The summed E-state index contributed by atoms with van der Waals surface area (Å²) in [6.45, 7) is 4.22. The van der Waals surface area contributed by atoms with Gasteiger partial charge in [-0.3, -0.25) is 4.79 Å². The summed E-state index contributed by atoms with van der Waals surface area (Å²) in [5, 5.41) is 3.07. The van der Waals surface area contributed by atoms with E-state index in [4.69, 9.17) is 9.47 Å². The highest BCUT2D eigenvalue weighted by Gasteiger charge is 2.16. The number of carbonyl (C=O) groups excluding carboxylic acids is 1. The minimum absolute atomic E-state index is 0.0850. The van der Waals surface area contributed by atoms with Crippen LogP contribution in [0, 0.1) is 0 Å². The molecule has 5 heteroatoms. The Labute approximate surface area is 154 Å². The summed E-state index contributed by atoms with van der Waals surface area (Å²) < 4.78 is 10.5. The zero-order chi connectivity index (χ0) is 18.5. The number of amides is 1. The SMILES string of the molecule is COc1ccc(C(=O)NC(C)c2cccc(N3CCCC3)c2)cc1OC. The van der Waals surface area contributed by atoms with Crippen LogP contribution in [-0.4, -0.2) is 33.2 Å². The van der Waals surface area contributed by atoms with Gasteiger partial charge in [-0.2, -0.15) is 0 Å². The van der Waals surface area contributed by atoms with Crippen molar-refractivity contribution in [1.29, 1.82) is 0 Å². The molecule has 3 rings (SSSR count). The molecule has 0 saturated carbocycles. The van der Waals surface area contributed by atoms with E-state index in [1.807, 2.05) is 6.92 Å². The van der Waals surface area contributed by atoms with E-state index in [9.17, 15) is 4.79 Å². The first-order chi connectivity index (χ1) is 12.6. The lowest BCUT2D eigenvalue weighted by Crippen LogP contribution is -2.27. The molecule has 2 aromatic carbocycles. The second-order valence-corrected chi connectivity index (χ2v) is 6.55. The molecule has 5 nitrogen and oxygen atoms in total. The molecule has 1 aliphatic heterocycles. The third-order valence-electron chi connectivity index (χ3n) is 4.83. The van der Waals surface area contributed by atoms with E-state index in [0.717, 1.165) is 18.7 Å². The Morgan fingerprint density at radius 1 is 1.04 bits per heavy atom. The van der Waals surface area contributed by atoms with Crippen molar-refractivity contribution in [2.75, 3.05) is 32.2 Å². The highest BCUT2D eigenvalue weighted by molar-refractivity contribution is 5.95. The molecule has 0 spiro atoms. The lowest BCUT2D eigenvalue weighted by atomic mass is 10.1. The molecule has 1 aliphatic rings. The van der Waals surface area contributed by atoms with Crippen LogP contribution in [0.1, 0.15) is 41.7 Å². The molecule has 0 aromatic heterocycles. The largest absolute Gasteiger partial charge is 0.493 e. The molecule has 0 aliphatic carbocycles. The molecule has 1 atom stereocenters. The van der Waals surface area contributed by atoms with Gasteiger partial charge in [-0.15, -0.1) is 0 Å². The second-order valence-electron chi connectivity index (χ2n) is 6.55. The monoisotopic (exact) mass is 354 g/mol. The molecular formula is C21H26N2O3. The summed E-state index contributed by atoms with van der Waals surface area (Å²) in [4.78, 5) is 15.0. The van der Waals surface area contributed by atoms with Gasteiger partial charge in [0.05, 0.1) is 20.3 Å². The van der Waals surface area contributed by atoms with Gasteiger partial charge in [0.25, 0.3) is 5.91 Å². The molecule has 1 heterocycles. The Hall–Kier alpha value is -2.69. The van der Waals surface area contributed by atoms with Gasteiger partial charge in [0.1, 0.15) is 0 Å². The van der Waals surface area contributed by atoms with Crippen LogP contribution in [0.5, 0.6) is 11.5 Å². The molecule has 1 saturated heterocycles. The number of nitrogens with zero attached hydrogens (tertiary/aromatic N) is 1. The number of nitrogens with one attached hydrogen (secondary N) is 1. The van der Waals surface area contributed by atoms with E-state index in [1.165, 1.54) is 18.5 Å². The molecule has 1 amide bonds. The van der Waals surface area contributed by atoms with E-state index in [2.05, 4.69) is 34.5 Å². The van der Waals surface area contributed by atoms with Gasteiger partial charge in [0.15, 0.2) is 11.5 Å². The van der Waals surface area contributed by atoms with Gasteiger partial charge >= 0.3 is 0 Å². The molecule has 0 bridgehead atoms. The number of rotatable bonds is 6. The summed E-state index contributed by atoms with van der Waals surface area (Å²) in [7, 11) is 3.14. The number of methoxy groups -OCH3 is 2. The highest BCUT2D eigenvalue weighted by atomic mass is 16.5. The van der Waals surface area contributed by atoms with E-state index in [1.54, 1.807) is 32.4 Å². The van der Waals surface area contributed by atoms with Crippen molar-refractivity contribution < 1.29 is 14.3 Å². The topological polar surface area (TPSA) is 50.8 Å². The van der Waals surface area contributed by atoms with Crippen molar-refractivity contribution in [3.05, 3.63) is 53.6 Å². The number of benzene rings is 2. The molecular weight excluding hydrogens is 328 g/mol. The summed E-state index contributed by atoms with van der Waals surface area (Å²) >= 11 is 0. The van der Waals surface area contributed by atoms with Gasteiger partial charge in [-0.1, -0.05) is 12.1 Å². The van der Waals surface area contributed by atoms with Crippen LogP contribution in [0.15, 0.2) is 42.5 Å². The number of hydrogen-bond donors (Lipinski definition) is 1. The smallest absolute Gasteiger partial charge is 0.251 e. The number of anilines is 1. The maximum absolute atomic E-state index is 12.6. The van der Waals surface area contributed by atoms with Crippen LogP contribution in [0.25, 0.3) is 0 Å². The maximum atomic E-state index is 12.6. The van der Waals surface area contributed by atoms with Crippen molar-refractivity contribution in [3.63, 3.8) is 0 Å². The van der Waals surface area contributed by atoms with Gasteiger partial charge in [-0.05, 0) is 55.7 Å². The molecule has 26 heavy (non-hydrogen) atoms. The summed E-state index contributed by atoms with van der Waals surface area (Å²) in [6, 6.07) is 13.5. The fourth-order valence-electron chi connectivity index (χ4n) is 3.31. The Kier molecular flexibility index (Phi) is 5.66. The maximum Gasteiger partial charge on any atom is 0.251 e. The van der Waals surface area contributed by atoms with Gasteiger partial charge in [0.2, 0.25) is 0 Å². The van der Waals surface area contributed by atoms with Crippen molar-refractivity contribution in [2.45, 2.75) is 25.8 Å². The van der Waals surface area contributed by atoms with E-state index in [0.29, 0.717) is 17.1 Å². The first kappa shape index (κ1) is 18.1. The fourth-order valence-corrected chi connectivity index (χ4v) is 3.31. The van der Waals surface area contributed by atoms with Gasteiger partial charge in [-0.25, -0.2) is 0 Å². The Balaban J connectivity index is 1.72. The Morgan fingerprint density at radius 2 is 1.77 bits per heavy atom. The second kappa shape index (κ2) is 8.13. The predicted octanol–water partition coefficient (Wildman–Crippen LogP) is 3.80. The normalized spacial score (nSPS) is 14.8. The number of hydrogen-bond acceptors (Lipinski definition) is 4. The van der Waals surface area contributed by atoms with Crippen LogP contribution in [0.3, 0.4) is 0 Å². The van der Waals surface area contributed by atoms with Crippen molar-refractivity contribution in [1.82, 2.24) is 5.32 Å². The molecule has 1 N–H and O–H groups in total. The number of carbonyl (C=O) groups is 1. The van der Waals surface area contributed by atoms with Gasteiger partial charge < -0.3 is 19.7 Å². The molecule has 2 aromatic rings. The van der Waals surface area contributed by atoms with Crippen LogP contribution >= 0.6 is 0 Å².